The molecular formula is C21H27N3O6S3. The highest BCUT2D eigenvalue weighted by Crippen LogP contribution is 2.36. The highest BCUT2D eigenvalue weighted by Gasteiger charge is 2.36. The standard InChI is InChI=1S/C21H27N3O6S3/c1-3-4-5-6-7-10-15-30-19-11-8-9-12-21(19)33(28,29)24-23-22-18-14-13-17(32(2,26)27)16-20(18)31(24)25/h8-9,11-14,16H,3-7,10,15H2,1-2H3. The zero-order valence-electron chi connectivity index (χ0n) is 18.5. The second-order valence-electron chi connectivity index (χ2n) is 7.62. The molecule has 12 heteroatoms. The van der Waals surface area contributed by atoms with Crippen molar-refractivity contribution in [2.24, 2.45) is 10.3 Å². The minimum absolute atomic E-state index is 0.0537. The summed E-state index contributed by atoms with van der Waals surface area (Å²) in [6, 6.07) is 9.87. The summed E-state index contributed by atoms with van der Waals surface area (Å²) in [5, 5.41) is 7.46. The van der Waals surface area contributed by atoms with Gasteiger partial charge in [0.05, 0.1) is 16.4 Å². The molecule has 0 aliphatic carbocycles. The van der Waals surface area contributed by atoms with Crippen LogP contribution in [-0.2, 0) is 30.8 Å². The molecule has 1 atom stereocenters. The lowest BCUT2D eigenvalue weighted by atomic mass is 10.1. The van der Waals surface area contributed by atoms with Crippen LogP contribution < -0.4 is 4.74 Å². The third-order valence-corrected chi connectivity index (χ3v) is 9.55. The smallest absolute Gasteiger partial charge is 0.296 e. The van der Waals surface area contributed by atoms with Gasteiger partial charge in [-0.15, -0.1) is 5.11 Å². The molecule has 0 spiro atoms. The Balaban J connectivity index is 1.81. The van der Waals surface area contributed by atoms with E-state index in [4.69, 9.17) is 4.74 Å². The minimum atomic E-state index is -4.39. The zero-order chi connectivity index (χ0) is 24.1. The third kappa shape index (κ3) is 5.98. The van der Waals surface area contributed by atoms with E-state index in [2.05, 4.69) is 17.3 Å². The average Bonchev–Trinajstić information content (AvgIpc) is 2.78. The molecular weight excluding hydrogens is 486 g/mol. The van der Waals surface area contributed by atoms with Crippen LogP contribution in [0.5, 0.6) is 5.75 Å². The van der Waals surface area contributed by atoms with Crippen LogP contribution in [0.1, 0.15) is 45.4 Å². The first-order valence-corrected chi connectivity index (χ1v) is 15.0. The van der Waals surface area contributed by atoms with E-state index in [1.165, 1.54) is 36.8 Å². The second-order valence-corrected chi connectivity index (χ2v) is 12.9. The van der Waals surface area contributed by atoms with Crippen LogP contribution in [0.3, 0.4) is 0 Å². The van der Waals surface area contributed by atoms with Crippen molar-refractivity contribution in [2.45, 2.75) is 60.1 Å². The Hall–Kier alpha value is -2.31. The Labute approximate surface area is 197 Å². The Morgan fingerprint density at radius 2 is 1.67 bits per heavy atom. The molecule has 0 N–H and O–H groups in total. The lowest BCUT2D eigenvalue weighted by molar-refractivity contribution is 0.296. The van der Waals surface area contributed by atoms with Gasteiger partial charge in [-0.3, -0.25) is 0 Å². The molecule has 1 aliphatic rings. The molecule has 0 radical (unpaired) electrons. The molecule has 33 heavy (non-hydrogen) atoms. The van der Waals surface area contributed by atoms with E-state index in [1.807, 2.05) is 0 Å². The van der Waals surface area contributed by atoms with Crippen molar-refractivity contribution in [1.82, 2.24) is 3.82 Å². The van der Waals surface area contributed by atoms with Gasteiger partial charge in [0, 0.05) is 6.26 Å². The van der Waals surface area contributed by atoms with Gasteiger partial charge in [0.15, 0.2) is 20.8 Å². The van der Waals surface area contributed by atoms with Crippen molar-refractivity contribution in [3.63, 3.8) is 0 Å². The second kappa shape index (κ2) is 10.7. The number of unbranched alkanes of at least 4 members (excludes halogenated alkanes) is 5. The molecule has 1 aliphatic heterocycles. The summed E-state index contributed by atoms with van der Waals surface area (Å²) < 4.78 is 69.5. The van der Waals surface area contributed by atoms with Crippen molar-refractivity contribution < 1.29 is 25.8 Å². The van der Waals surface area contributed by atoms with Gasteiger partial charge in [-0.2, -0.15) is 8.42 Å². The number of sulfonamides is 1. The van der Waals surface area contributed by atoms with E-state index in [-0.39, 0.29) is 26.1 Å². The van der Waals surface area contributed by atoms with Gasteiger partial charge in [-0.05, 0) is 42.0 Å². The maximum Gasteiger partial charge on any atom is 0.296 e. The zero-order valence-corrected chi connectivity index (χ0v) is 21.0. The van der Waals surface area contributed by atoms with Gasteiger partial charge in [-0.1, -0.05) is 55.0 Å². The van der Waals surface area contributed by atoms with Crippen LogP contribution in [0.25, 0.3) is 0 Å². The van der Waals surface area contributed by atoms with E-state index >= 15 is 0 Å². The molecule has 3 rings (SSSR count). The number of para-hydroxylation sites is 1. The van der Waals surface area contributed by atoms with Gasteiger partial charge in [0.2, 0.25) is 0 Å². The number of fused-ring (bicyclic) bond motifs is 1. The van der Waals surface area contributed by atoms with Crippen molar-refractivity contribution in [2.75, 3.05) is 12.9 Å². The van der Waals surface area contributed by atoms with Crippen molar-refractivity contribution in [3.05, 3.63) is 42.5 Å². The highest BCUT2D eigenvalue weighted by molar-refractivity contribution is 8.01. The number of nitrogens with zero attached hydrogens (tertiary/aromatic N) is 3. The molecule has 0 saturated carbocycles. The quantitative estimate of drug-likeness (QED) is 0.406. The maximum atomic E-state index is 13.3. The average molecular weight is 514 g/mol. The predicted octanol–water partition coefficient (Wildman–Crippen LogP) is 4.56. The van der Waals surface area contributed by atoms with Crippen LogP contribution in [0.2, 0.25) is 0 Å². The van der Waals surface area contributed by atoms with Gasteiger partial charge in [-0.25, -0.2) is 12.6 Å². The number of sulfone groups is 1. The molecule has 2 aromatic carbocycles. The van der Waals surface area contributed by atoms with E-state index in [0.29, 0.717) is 10.4 Å². The van der Waals surface area contributed by atoms with Gasteiger partial charge < -0.3 is 4.74 Å². The summed E-state index contributed by atoms with van der Waals surface area (Å²) >= 11 is 0. The van der Waals surface area contributed by atoms with Gasteiger partial charge in [0.25, 0.3) is 10.0 Å². The predicted molar refractivity (Wildman–Crippen MR) is 125 cm³/mol. The summed E-state index contributed by atoms with van der Waals surface area (Å²) in [6.07, 6.45) is 7.39. The van der Waals surface area contributed by atoms with Gasteiger partial charge in [0.1, 0.15) is 16.3 Å². The first-order valence-electron chi connectivity index (χ1n) is 10.6. The Bertz CT molecular complexity index is 1260. The molecule has 1 heterocycles. The monoisotopic (exact) mass is 513 g/mol. The summed E-state index contributed by atoms with van der Waals surface area (Å²) in [4.78, 5) is -0.334. The Kier molecular flexibility index (Phi) is 8.24. The van der Waals surface area contributed by atoms with Crippen LogP contribution >= 0.6 is 0 Å². The fourth-order valence-electron chi connectivity index (χ4n) is 3.22. The molecule has 0 fully saturated rings. The van der Waals surface area contributed by atoms with Crippen LogP contribution in [0.4, 0.5) is 5.69 Å². The molecule has 2 aromatic rings. The van der Waals surface area contributed by atoms with Crippen molar-refractivity contribution in [3.8, 4) is 5.75 Å². The fourth-order valence-corrected chi connectivity index (χ4v) is 6.85. The topological polar surface area (TPSA) is 123 Å². The maximum absolute atomic E-state index is 13.3. The number of hydrogen-bond donors (Lipinski definition) is 0. The fraction of sp³-hybridized carbons (Fsp3) is 0.429. The summed E-state index contributed by atoms with van der Waals surface area (Å²) in [5.74, 6) is 0.133. The van der Waals surface area contributed by atoms with E-state index in [9.17, 15) is 21.0 Å². The lowest BCUT2D eigenvalue weighted by Crippen LogP contribution is -2.30. The first-order chi connectivity index (χ1) is 15.7. The molecule has 0 aromatic heterocycles. The molecule has 180 valence electrons. The third-order valence-electron chi connectivity index (χ3n) is 5.00. The summed E-state index contributed by atoms with van der Waals surface area (Å²) in [5.41, 5.74) is 0.139. The van der Waals surface area contributed by atoms with Crippen LogP contribution in [-0.4, -0.2) is 37.7 Å². The molecule has 0 saturated heterocycles. The summed E-state index contributed by atoms with van der Waals surface area (Å²) in [7, 11) is -10.3. The molecule has 1 unspecified atom stereocenters. The number of hydrogen-bond acceptors (Lipinski definition) is 8. The van der Waals surface area contributed by atoms with Crippen LogP contribution in [0.15, 0.2) is 67.5 Å². The van der Waals surface area contributed by atoms with Crippen molar-refractivity contribution in [1.29, 1.82) is 0 Å². The normalized spacial score (nSPS) is 15.9. The highest BCUT2D eigenvalue weighted by atomic mass is 32.3. The molecule has 0 amide bonds. The van der Waals surface area contributed by atoms with Gasteiger partial charge >= 0.3 is 0 Å². The lowest BCUT2D eigenvalue weighted by Gasteiger charge is -2.22. The number of rotatable bonds is 11. The van der Waals surface area contributed by atoms with E-state index in [1.54, 1.807) is 6.07 Å². The minimum Gasteiger partial charge on any atom is -0.492 e. The van der Waals surface area contributed by atoms with E-state index < -0.39 is 30.8 Å². The first kappa shape index (κ1) is 25.3. The Morgan fingerprint density at radius 1 is 0.970 bits per heavy atom. The number of ether oxygens (including phenoxy) is 1. The summed E-state index contributed by atoms with van der Waals surface area (Å²) in [6.45, 7) is 2.50. The van der Waals surface area contributed by atoms with Crippen LogP contribution in [0, 0.1) is 0 Å². The largest absolute Gasteiger partial charge is 0.492 e. The molecule has 9 nitrogen and oxygen atoms in total. The van der Waals surface area contributed by atoms with E-state index in [0.717, 1.165) is 44.4 Å². The van der Waals surface area contributed by atoms with Crippen molar-refractivity contribution >= 4 is 36.5 Å². The SMILES string of the molecule is CCCCCCCCOc1ccccc1S(=O)(=O)N1N=Nc2ccc(S(C)(=O)=O)cc2S1=O. The Morgan fingerprint density at radius 3 is 2.39 bits per heavy atom. The number of benzene rings is 2. The molecule has 0 bridgehead atoms.